The quantitative estimate of drug-likeness (QED) is 0.0362. The average Bonchev–Trinajstić information content (AvgIpc) is 1.26. The molecule has 26 heteroatoms. The molecule has 2 aromatic carbocycles. The molecule has 88 heavy (non-hydrogen) atoms. The van der Waals surface area contributed by atoms with Gasteiger partial charge in [-0.05, 0) is 79.2 Å². The van der Waals surface area contributed by atoms with E-state index in [4.69, 9.17) is 23.4 Å². The number of carbonyl (C=O) groups is 3. The van der Waals surface area contributed by atoms with E-state index in [0.717, 1.165) is 23.8 Å². The molecule has 8 aliphatic heterocycles. The number of aromatic hydroxyl groups is 3. The third-order valence-corrected chi connectivity index (χ3v) is 19.0. The monoisotopic (exact) mass is 1220 g/mol. The zero-order valence-corrected chi connectivity index (χ0v) is 46.4. The van der Waals surface area contributed by atoms with E-state index in [1.807, 2.05) is 12.2 Å². The molecule has 4 fully saturated rings. The van der Waals surface area contributed by atoms with Crippen LogP contribution < -0.4 is 20.8 Å². The van der Waals surface area contributed by atoms with Gasteiger partial charge in [0, 0.05) is 108 Å². The highest BCUT2D eigenvalue weighted by atomic mass is 16.8. The Morgan fingerprint density at radius 2 is 1.67 bits per heavy atom. The molecule has 4 aromatic rings. The van der Waals surface area contributed by atoms with E-state index < -0.39 is 191 Å². The summed E-state index contributed by atoms with van der Waals surface area (Å²) in [6.45, 7) is -1.53. The fraction of sp³-hybridized carbons (Fsp3) is 0.452. The molecule has 26 nitrogen and oxygen atoms in total. The summed E-state index contributed by atoms with van der Waals surface area (Å²) in [6, 6.07) is 6.06. The van der Waals surface area contributed by atoms with Gasteiger partial charge in [0.15, 0.2) is 34.9 Å². The van der Waals surface area contributed by atoms with E-state index >= 15 is 4.79 Å². The van der Waals surface area contributed by atoms with Crippen molar-refractivity contribution in [1.29, 1.82) is 0 Å². The van der Waals surface area contributed by atoms with Crippen LogP contribution in [0.25, 0.3) is 22.3 Å². The molecule has 10 aliphatic rings. The molecule has 10 heterocycles. The molecule has 4 saturated heterocycles. The maximum absolute atomic E-state index is 16.3. The van der Waals surface area contributed by atoms with E-state index in [2.05, 4.69) is 45.4 Å². The van der Waals surface area contributed by atoms with Crippen molar-refractivity contribution in [2.24, 2.45) is 11.8 Å². The van der Waals surface area contributed by atoms with E-state index in [9.17, 15) is 85.9 Å². The molecule has 16 unspecified atom stereocenters. The van der Waals surface area contributed by atoms with E-state index in [1.165, 1.54) is 24.4 Å². The summed E-state index contributed by atoms with van der Waals surface area (Å²) in [4.78, 5) is 62.2. The Kier molecular flexibility index (Phi) is 14.0. The number of phenols is 3. The number of ketones is 1. The fourth-order valence-electron chi connectivity index (χ4n) is 14.4. The molecule has 462 valence electrons. The second-order valence-electron chi connectivity index (χ2n) is 24.1. The number of benzene rings is 2. The van der Waals surface area contributed by atoms with Crippen LogP contribution >= 0.6 is 0 Å². The zero-order chi connectivity index (χ0) is 62.4. The molecule has 8 bridgehead atoms. The second-order valence-corrected chi connectivity index (χ2v) is 24.1. The Balaban J connectivity index is 1.14. The minimum Gasteiger partial charge on any atom is -0.507 e. The van der Waals surface area contributed by atoms with Crippen LogP contribution in [0.5, 0.6) is 23.0 Å². The van der Waals surface area contributed by atoms with Gasteiger partial charge >= 0.3 is 11.9 Å². The van der Waals surface area contributed by atoms with Gasteiger partial charge < -0.3 is 105 Å². The van der Waals surface area contributed by atoms with Crippen molar-refractivity contribution in [3.05, 3.63) is 116 Å². The van der Waals surface area contributed by atoms with Crippen molar-refractivity contribution in [2.75, 3.05) is 13.2 Å². The lowest BCUT2D eigenvalue weighted by Gasteiger charge is -2.59. The van der Waals surface area contributed by atoms with Crippen molar-refractivity contribution in [3.8, 4) is 58.0 Å². The van der Waals surface area contributed by atoms with Crippen molar-refractivity contribution in [1.82, 2.24) is 15.6 Å². The number of carbonyl (C=O) groups excluding carboxylic acids is 2. The van der Waals surface area contributed by atoms with Crippen molar-refractivity contribution < 1.29 is 109 Å². The highest BCUT2D eigenvalue weighted by Crippen LogP contribution is 2.60. The lowest BCUT2D eigenvalue weighted by Crippen LogP contribution is -2.81. The number of hydrogen-bond donors (Lipinski definition) is 17. The number of nitrogens with one attached hydrogen (secondary N) is 3. The molecule has 0 saturated carbocycles. The molecule has 0 radical (unpaired) electrons. The number of piperidine rings is 1. The predicted octanol–water partition coefficient (Wildman–Crippen LogP) is -1.01. The summed E-state index contributed by atoms with van der Waals surface area (Å²) in [5, 5.41) is 172. The van der Waals surface area contributed by atoms with Gasteiger partial charge in [-0.3, -0.25) is 14.9 Å². The van der Waals surface area contributed by atoms with Crippen molar-refractivity contribution in [2.45, 2.75) is 147 Å². The first kappa shape index (κ1) is 59.1. The molecule has 16 atom stereocenters. The molecule has 2 aromatic heterocycles. The van der Waals surface area contributed by atoms with Gasteiger partial charge in [0.1, 0.15) is 52.1 Å². The first-order valence-corrected chi connectivity index (χ1v) is 28.6. The number of carboxylic acids is 1. The van der Waals surface area contributed by atoms with Crippen LogP contribution in [-0.2, 0) is 35.0 Å². The maximum atomic E-state index is 16.3. The Morgan fingerprint density at radius 3 is 2.43 bits per heavy atom. The smallest absolute Gasteiger partial charge is 0.354 e. The zero-order valence-electron chi connectivity index (χ0n) is 46.4. The average molecular weight is 1220 g/mol. The number of hydrogen-bond acceptors (Lipinski definition) is 24. The maximum Gasteiger partial charge on any atom is 0.354 e. The van der Waals surface area contributed by atoms with Crippen LogP contribution in [0, 0.1) is 35.5 Å². The first-order valence-electron chi connectivity index (χ1n) is 28.6. The predicted molar refractivity (Wildman–Crippen MR) is 297 cm³/mol. The number of aliphatic hydroxyl groups is 10. The number of aromatic nitrogens is 1. The highest BCUT2D eigenvalue weighted by molar-refractivity contribution is 5.90. The summed E-state index contributed by atoms with van der Waals surface area (Å²) >= 11 is 0. The highest BCUT2D eigenvalue weighted by Gasteiger charge is 2.78. The number of carboxylic acid groups (broad SMARTS) is 1. The van der Waals surface area contributed by atoms with Crippen LogP contribution in [0.15, 0.2) is 93.0 Å². The van der Waals surface area contributed by atoms with Gasteiger partial charge in [-0.1, -0.05) is 42.1 Å². The SMILES string of the molecule is O=C1CC(CO)CC23OC(=O)C4(CC#CC(C(=O)O)(O2)C(O)(O)C(O)C3O)OC23Oc5cc6oc(-c7cc(O)c(O)c(CCO)c7)cc(=O)c6c(O)c5C(C5=CNC6NC7C=CCC(C7)C6=C5)C=C2C(CCC1O)c1[nH]ccc1C#CCC4(O)C(O)C3O. The molecule has 17 N–H and O–H groups in total. The lowest BCUT2D eigenvalue weighted by molar-refractivity contribution is -0.434. The van der Waals surface area contributed by atoms with E-state index in [-0.39, 0.29) is 64.1 Å². The van der Waals surface area contributed by atoms with Gasteiger partial charge in [-0.2, -0.15) is 0 Å². The summed E-state index contributed by atoms with van der Waals surface area (Å²) in [5.74, 6) is -13.4. The fourth-order valence-corrected chi connectivity index (χ4v) is 14.4. The Bertz CT molecular complexity index is 3970. The summed E-state index contributed by atoms with van der Waals surface area (Å²) < 4.78 is 32.7. The van der Waals surface area contributed by atoms with Gasteiger partial charge in [-0.25, -0.2) is 9.59 Å². The Morgan fingerprint density at radius 1 is 0.875 bits per heavy atom. The third kappa shape index (κ3) is 8.54. The summed E-state index contributed by atoms with van der Waals surface area (Å²) in [7, 11) is 0. The number of esters is 1. The van der Waals surface area contributed by atoms with Gasteiger partial charge in [0.2, 0.25) is 17.2 Å². The summed E-state index contributed by atoms with van der Waals surface area (Å²) in [6.07, 6.45) is -7.57. The minimum absolute atomic E-state index is 0.00240. The van der Waals surface area contributed by atoms with Gasteiger partial charge in [0.05, 0.1) is 12.6 Å². The Hall–Kier alpha value is -7.90. The number of Topliss-reactive ketones (excluding diaryl/α,β-unsaturated/α-hetero) is 1. The molecular weight excluding hydrogens is 1150 g/mol. The largest absolute Gasteiger partial charge is 0.507 e. The number of ether oxygens (including phenoxy) is 4. The van der Waals surface area contributed by atoms with E-state index in [1.54, 1.807) is 6.20 Å². The molecule has 0 amide bonds. The van der Waals surface area contributed by atoms with Crippen molar-refractivity contribution in [3.63, 3.8) is 0 Å². The second kappa shape index (κ2) is 20.9. The number of fused-ring (bicyclic) bond motifs is 10. The molecule has 3 spiro atoms. The minimum atomic E-state index is -4.12. The molecule has 14 rings (SSSR count). The van der Waals surface area contributed by atoms with Crippen LogP contribution in [0.3, 0.4) is 0 Å². The number of aliphatic hydroxyl groups excluding tert-OH is 7. The lowest BCUT2D eigenvalue weighted by atomic mass is 9.66. The van der Waals surface area contributed by atoms with Gasteiger partial charge in [0.25, 0.3) is 11.4 Å². The molecular formula is C62H61N3O23. The molecule has 2 aliphatic carbocycles. The Labute approximate surface area is 497 Å². The van der Waals surface area contributed by atoms with Crippen LogP contribution in [-0.4, -0.2) is 184 Å². The number of dihydropyridines is 1. The van der Waals surface area contributed by atoms with Crippen LogP contribution in [0.1, 0.15) is 85.6 Å². The van der Waals surface area contributed by atoms with Crippen LogP contribution in [0.2, 0.25) is 0 Å². The standard InChI is InChI=1S/C62H61N3O23/c66-15-10-30-17-31(20-41(71)48(30)72)42-22-40(70)46-43(84-42)23-44-45(49(46)73)35(32-19-36-29-4-1-6-33(18-29)65-54(36)64-25-32)21-37-34-7-8-38(68)39(69)16-27(26-67)24-60-51(75)53(77)62(82,83)58(87-60,55(78)79)12-3-13-59(56(80)86-60)57(81,11-2-5-28-9-14-63-47(28)34)50(74)52(76)61(37,85-44)88-59/h1,6,9,14,17,19-23,25,27,29,33-35,38,50-54,63-68,71-77,81-83H,4,7-8,10-11,13,15-16,18,24,26H2,(H,78,79). The van der Waals surface area contributed by atoms with Crippen molar-refractivity contribution >= 4 is 28.7 Å². The van der Waals surface area contributed by atoms with E-state index in [0.29, 0.717) is 18.4 Å². The summed E-state index contributed by atoms with van der Waals surface area (Å²) in [5.41, 5.74) is -11.0. The topological polar surface area (TPSA) is 441 Å². The number of allylic oxidation sites excluding steroid dienone is 4. The normalized spacial score (nSPS) is 36.9. The van der Waals surface area contributed by atoms with Gasteiger partial charge in [-0.15, -0.1) is 0 Å². The number of rotatable bonds is 6. The number of phenolic OH excluding ortho intramolecular Hbond substituents is 3. The van der Waals surface area contributed by atoms with Crippen LogP contribution in [0.4, 0.5) is 0 Å². The number of aromatic amines is 1. The first-order chi connectivity index (χ1) is 41.9. The number of H-pyrrole nitrogens is 1. The third-order valence-electron chi connectivity index (χ3n) is 19.0. The number of aliphatic carboxylic acids is 1.